The molecule has 1 heterocycles. The summed E-state index contributed by atoms with van der Waals surface area (Å²) in [7, 11) is 0. The molecule has 0 aliphatic rings. The lowest BCUT2D eigenvalue weighted by molar-refractivity contribution is 0.179. The fourth-order valence-electron chi connectivity index (χ4n) is 1.60. The molecule has 0 saturated heterocycles. The van der Waals surface area contributed by atoms with Gasteiger partial charge in [0.1, 0.15) is 0 Å². The zero-order chi connectivity index (χ0) is 9.84. The van der Waals surface area contributed by atoms with Crippen LogP contribution in [0.4, 0.5) is 0 Å². The highest BCUT2D eigenvalue weighted by Crippen LogP contribution is 2.09. The molecule has 0 saturated carbocycles. The van der Waals surface area contributed by atoms with Crippen molar-refractivity contribution in [1.29, 1.82) is 0 Å². The molecule has 0 aromatic carbocycles. The second-order valence-electron chi connectivity index (χ2n) is 3.76. The second kappa shape index (κ2) is 4.47. The molecule has 2 heteroatoms. The van der Waals surface area contributed by atoms with E-state index in [4.69, 9.17) is 5.11 Å². The van der Waals surface area contributed by atoms with E-state index in [1.165, 1.54) is 11.4 Å². The summed E-state index contributed by atoms with van der Waals surface area (Å²) in [4.78, 5) is 0. The first-order valence-electron chi connectivity index (χ1n) is 4.92. The van der Waals surface area contributed by atoms with Gasteiger partial charge in [-0.1, -0.05) is 0 Å². The molecule has 0 fully saturated rings. The van der Waals surface area contributed by atoms with Crippen LogP contribution in [0.1, 0.15) is 31.2 Å². The Morgan fingerprint density at radius 2 is 1.85 bits per heavy atom. The molecule has 0 spiro atoms. The van der Waals surface area contributed by atoms with Crippen LogP contribution in [-0.4, -0.2) is 15.8 Å². The van der Waals surface area contributed by atoms with Crippen LogP contribution in [0.25, 0.3) is 0 Å². The molecule has 1 rings (SSSR count). The molecular weight excluding hydrogens is 162 g/mol. The van der Waals surface area contributed by atoms with Crippen molar-refractivity contribution < 1.29 is 5.11 Å². The van der Waals surface area contributed by atoms with E-state index in [1.807, 2.05) is 6.92 Å². The quantitative estimate of drug-likeness (QED) is 0.757. The van der Waals surface area contributed by atoms with E-state index in [-0.39, 0.29) is 6.10 Å². The minimum Gasteiger partial charge on any atom is -0.393 e. The number of nitrogens with zero attached hydrogens (tertiary/aromatic N) is 1. The third-order valence-corrected chi connectivity index (χ3v) is 2.42. The molecule has 0 bridgehead atoms. The second-order valence-corrected chi connectivity index (χ2v) is 3.76. The Morgan fingerprint density at radius 1 is 1.31 bits per heavy atom. The van der Waals surface area contributed by atoms with Crippen LogP contribution in [0.3, 0.4) is 0 Å². The fourth-order valence-corrected chi connectivity index (χ4v) is 1.60. The van der Waals surface area contributed by atoms with Gasteiger partial charge in [-0.15, -0.1) is 0 Å². The van der Waals surface area contributed by atoms with Crippen molar-refractivity contribution in [3.63, 3.8) is 0 Å². The zero-order valence-electron chi connectivity index (χ0n) is 8.75. The number of aliphatic hydroxyl groups excluding tert-OH is 1. The van der Waals surface area contributed by atoms with Gasteiger partial charge < -0.3 is 9.67 Å². The lowest BCUT2D eigenvalue weighted by Gasteiger charge is -2.09. The molecule has 0 amide bonds. The number of aliphatic hydroxyl groups is 1. The van der Waals surface area contributed by atoms with Gasteiger partial charge in [0.25, 0.3) is 0 Å². The summed E-state index contributed by atoms with van der Waals surface area (Å²) >= 11 is 0. The van der Waals surface area contributed by atoms with E-state index in [9.17, 15) is 0 Å². The maximum atomic E-state index is 9.11. The van der Waals surface area contributed by atoms with Crippen LogP contribution in [0.15, 0.2) is 12.1 Å². The molecule has 0 aliphatic carbocycles. The van der Waals surface area contributed by atoms with Crippen LogP contribution in [-0.2, 0) is 6.54 Å². The lowest BCUT2D eigenvalue weighted by Crippen LogP contribution is -2.06. The molecule has 0 radical (unpaired) electrons. The smallest absolute Gasteiger partial charge is 0.0512 e. The molecule has 1 aromatic heterocycles. The van der Waals surface area contributed by atoms with E-state index < -0.39 is 0 Å². The first-order chi connectivity index (χ1) is 6.11. The average molecular weight is 181 g/mol. The highest BCUT2D eigenvalue weighted by Gasteiger charge is 2.01. The largest absolute Gasteiger partial charge is 0.393 e. The van der Waals surface area contributed by atoms with Crippen molar-refractivity contribution in [2.45, 2.75) is 46.3 Å². The Bertz CT molecular complexity index is 244. The number of aryl methyl sites for hydroxylation is 2. The van der Waals surface area contributed by atoms with E-state index in [0.717, 1.165) is 19.4 Å². The van der Waals surface area contributed by atoms with Gasteiger partial charge in [-0.05, 0) is 45.7 Å². The standard InChI is InChI=1S/C11H19NO/c1-9-6-7-10(2)12(9)8-4-5-11(3)13/h6-7,11,13H,4-5,8H2,1-3H3. The summed E-state index contributed by atoms with van der Waals surface area (Å²) in [6.07, 6.45) is 1.77. The monoisotopic (exact) mass is 181 g/mol. The normalized spacial score (nSPS) is 13.2. The minimum absolute atomic E-state index is 0.170. The van der Waals surface area contributed by atoms with Crippen molar-refractivity contribution in [1.82, 2.24) is 4.57 Å². The molecule has 1 unspecified atom stereocenters. The molecule has 1 aromatic rings. The predicted octanol–water partition coefficient (Wildman–Crippen LogP) is 2.27. The number of aromatic nitrogens is 1. The topological polar surface area (TPSA) is 25.2 Å². The van der Waals surface area contributed by atoms with Gasteiger partial charge in [-0.3, -0.25) is 0 Å². The third kappa shape index (κ3) is 2.88. The molecule has 1 atom stereocenters. The fraction of sp³-hybridized carbons (Fsp3) is 0.636. The van der Waals surface area contributed by atoms with E-state index in [1.54, 1.807) is 0 Å². The number of rotatable bonds is 4. The Hall–Kier alpha value is -0.760. The summed E-state index contributed by atoms with van der Waals surface area (Å²) in [6.45, 7) is 7.11. The van der Waals surface area contributed by atoms with E-state index >= 15 is 0 Å². The molecular formula is C11H19NO. The maximum Gasteiger partial charge on any atom is 0.0512 e. The summed E-state index contributed by atoms with van der Waals surface area (Å²) in [5, 5.41) is 9.11. The van der Waals surface area contributed by atoms with Crippen molar-refractivity contribution >= 4 is 0 Å². The summed E-state index contributed by atoms with van der Waals surface area (Å²) in [5.74, 6) is 0. The van der Waals surface area contributed by atoms with Gasteiger partial charge in [-0.25, -0.2) is 0 Å². The van der Waals surface area contributed by atoms with E-state index in [2.05, 4.69) is 30.5 Å². The highest BCUT2D eigenvalue weighted by molar-refractivity contribution is 5.13. The van der Waals surface area contributed by atoms with E-state index in [0.29, 0.717) is 0 Å². The van der Waals surface area contributed by atoms with Gasteiger partial charge in [0, 0.05) is 17.9 Å². The molecule has 1 N–H and O–H groups in total. The SMILES string of the molecule is Cc1ccc(C)n1CCCC(C)O. The average Bonchev–Trinajstić information content (AvgIpc) is 2.34. The Balaban J connectivity index is 2.44. The zero-order valence-corrected chi connectivity index (χ0v) is 8.75. The van der Waals surface area contributed by atoms with Gasteiger partial charge >= 0.3 is 0 Å². The van der Waals surface area contributed by atoms with Crippen molar-refractivity contribution in [2.75, 3.05) is 0 Å². The predicted molar refractivity (Wildman–Crippen MR) is 54.8 cm³/mol. The molecule has 13 heavy (non-hydrogen) atoms. The molecule has 74 valence electrons. The number of hydrogen-bond acceptors (Lipinski definition) is 1. The van der Waals surface area contributed by atoms with Gasteiger partial charge in [-0.2, -0.15) is 0 Å². The van der Waals surface area contributed by atoms with Gasteiger partial charge in [0.2, 0.25) is 0 Å². The highest BCUT2D eigenvalue weighted by atomic mass is 16.3. The first kappa shape index (κ1) is 10.3. The Morgan fingerprint density at radius 3 is 2.31 bits per heavy atom. The number of hydrogen-bond donors (Lipinski definition) is 1. The van der Waals surface area contributed by atoms with Crippen molar-refractivity contribution in [2.24, 2.45) is 0 Å². The van der Waals surface area contributed by atoms with Crippen LogP contribution in [0, 0.1) is 13.8 Å². The first-order valence-corrected chi connectivity index (χ1v) is 4.92. The van der Waals surface area contributed by atoms with Crippen LogP contribution < -0.4 is 0 Å². The lowest BCUT2D eigenvalue weighted by atomic mass is 10.2. The third-order valence-electron chi connectivity index (χ3n) is 2.42. The Labute approximate surface area is 80.2 Å². The van der Waals surface area contributed by atoms with Crippen molar-refractivity contribution in [3.8, 4) is 0 Å². The summed E-state index contributed by atoms with van der Waals surface area (Å²) in [5.41, 5.74) is 2.62. The van der Waals surface area contributed by atoms with Gasteiger partial charge in [0.05, 0.1) is 6.10 Å². The molecule has 0 aliphatic heterocycles. The maximum absolute atomic E-state index is 9.11. The van der Waals surface area contributed by atoms with Crippen LogP contribution in [0.5, 0.6) is 0 Å². The van der Waals surface area contributed by atoms with Crippen LogP contribution >= 0.6 is 0 Å². The van der Waals surface area contributed by atoms with Gasteiger partial charge in [0.15, 0.2) is 0 Å². The minimum atomic E-state index is -0.170. The summed E-state index contributed by atoms with van der Waals surface area (Å²) < 4.78 is 2.29. The Kier molecular flexibility index (Phi) is 3.55. The molecule has 2 nitrogen and oxygen atoms in total. The summed E-state index contributed by atoms with van der Waals surface area (Å²) in [6, 6.07) is 4.27. The van der Waals surface area contributed by atoms with Crippen LogP contribution in [0.2, 0.25) is 0 Å². The van der Waals surface area contributed by atoms with Crippen molar-refractivity contribution in [3.05, 3.63) is 23.5 Å².